The third-order valence-electron chi connectivity index (χ3n) is 4.35. The predicted molar refractivity (Wildman–Crippen MR) is 93.5 cm³/mol. The molecule has 2 fully saturated rings. The number of carbonyl (C=O) groups excluding carboxylic acids is 2. The summed E-state index contributed by atoms with van der Waals surface area (Å²) in [5.41, 5.74) is 1.27. The van der Waals surface area contributed by atoms with Crippen molar-refractivity contribution in [1.29, 1.82) is 0 Å². The first kappa shape index (κ1) is 17.7. The maximum absolute atomic E-state index is 12.1. The Hall–Kier alpha value is -2.16. The number of rotatable bonds is 5. The monoisotopic (exact) mass is 348 g/mol. The van der Waals surface area contributed by atoms with Crippen LogP contribution in [0.4, 0.5) is 16.2 Å². The normalized spacial score (nSPS) is 25.6. The molecule has 1 aromatic rings. The highest BCUT2D eigenvalue weighted by Crippen LogP contribution is 2.15. The van der Waals surface area contributed by atoms with Gasteiger partial charge < -0.3 is 31.1 Å². The van der Waals surface area contributed by atoms with E-state index in [1.54, 1.807) is 24.3 Å². The van der Waals surface area contributed by atoms with Crippen LogP contribution in [-0.4, -0.2) is 55.0 Å². The van der Waals surface area contributed by atoms with Gasteiger partial charge in [0.25, 0.3) is 0 Å². The maximum atomic E-state index is 12.1. The first-order chi connectivity index (χ1) is 12.1. The summed E-state index contributed by atoms with van der Waals surface area (Å²) in [5.74, 6) is -0.174. The molecule has 136 valence electrons. The fourth-order valence-corrected chi connectivity index (χ4v) is 2.97. The second kappa shape index (κ2) is 8.28. The van der Waals surface area contributed by atoms with Gasteiger partial charge in [0.15, 0.2) is 0 Å². The van der Waals surface area contributed by atoms with E-state index in [9.17, 15) is 14.7 Å². The minimum atomic E-state index is -0.476. The highest BCUT2D eigenvalue weighted by atomic mass is 16.5. The van der Waals surface area contributed by atoms with E-state index in [0.29, 0.717) is 30.9 Å². The second-order valence-electron chi connectivity index (χ2n) is 6.39. The molecule has 8 heteroatoms. The van der Waals surface area contributed by atoms with E-state index in [1.807, 2.05) is 0 Å². The SMILES string of the molecule is O=C(NCC1CCCO1)Nc1ccc(NC(=O)C2CC(O)CN2)cc1. The minimum absolute atomic E-state index is 0.103. The number of aliphatic hydroxyl groups is 1. The molecule has 0 bridgehead atoms. The van der Waals surface area contributed by atoms with Crippen LogP contribution in [0, 0.1) is 0 Å². The van der Waals surface area contributed by atoms with Crippen molar-refractivity contribution in [3.8, 4) is 0 Å². The zero-order valence-corrected chi connectivity index (χ0v) is 14.0. The van der Waals surface area contributed by atoms with E-state index in [2.05, 4.69) is 21.3 Å². The second-order valence-corrected chi connectivity index (χ2v) is 6.39. The van der Waals surface area contributed by atoms with E-state index >= 15 is 0 Å². The molecule has 0 aliphatic carbocycles. The zero-order valence-electron chi connectivity index (χ0n) is 14.0. The number of hydrogen-bond acceptors (Lipinski definition) is 5. The molecule has 0 radical (unpaired) electrons. The van der Waals surface area contributed by atoms with Crippen molar-refractivity contribution < 1.29 is 19.4 Å². The van der Waals surface area contributed by atoms with Crippen molar-refractivity contribution in [2.45, 2.75) is 37.5 Å². The number of ether oxygens (including phenoxy) is 1. The van der Waals surface area contributed by atoms with Crippen molar-refractivity contribution in [3.63, 3.8) is 0 Å². The number of hydrogen-bond donors (Lipinski definition) is 5. The van der Waals surface area contributed by atoms with Gasteiger partial charge in [-0.3, -0.25) is 4.79 Å². The largest absolute Gasteiger partial charge is 0.392 e. The van der Waals surface area contributed by atoms with Crippen molar-refractivity contribution >= 4 is 23.3 Å². The van der Waals surface area contributed by atoms with Gasteiger partial charge in [0.2, 0.25) is 5.91 Å². The van der Waals surface area contributed by atoms with Crippen molar-refractivity contribution in [2.75, 3.05) is 30.3 Å². The van der Waals surface area contributed by atoms with Crippen LogP contribution in [0.25, 0.3) is 0 Å². The molecule has 1 aromatic carbocycles. The van der Waals surface area contributed by atoms with Crippen LogP contribution >= 0.6 is 0 Å². The molecular weight excluding hydrogens is 324 g/mol. The Bertz CT molecular complexity index is 601. The standard InChI is InChI=1S/C17H24N4O4/c22-13-8-15(18-9-13)16(23)20-11-3-5-12(6-4-11)21-17(24)19-10-14-2-1-7-25-14/h3-6,13-15,18,22H,1-2,7-10H2,(H,20,23)(H2,19,21,24). The number of amides is 3. The molecule has 0 aromatic heterocycles. The van der Waals surface area contributed by atoms with Crippen molar-refractivity contribution in [1.82, 2.24) is 10.6 Å². The topological polar surface area (TPSA) is 112 Å². The molecule has 2 saturated heterocycles. The Kier molecular flexibility index (Phi) is 5.85. The molecule has 3 amide bonds. The Morgan fingerprint density at radius 1 is 1.20 bits per heavy atom. The highest BCUT2D eigenvalue weighted by molar-refractivity contribution is 5.95. The summed E-state index contributed by atoms with van der Waals surface area (Å²) in [4.78, 5) is 23.9. The van der Waals surface area contributed by atoms with Crippen molar-refractivity contribution in [2.24, 2.45) is 0 Å². The first-order valence-corrected chi connectivity index (χ1v) is 8.59. The number of carbonyl (C=O) groups is 2. The van der Waals surface area contributed by atoms with Gasteiger partial charge in [-0.1, -0.05) is 0 Å². The van der Waals surface area contributed by atoms with Gasteiger partial charge in [-0.05, 0) is 43.5 Å². The molecule has 3 unspecified atom stereocenters. The summed E-state index contributed by atoms with van der Waals surface area (Å²) >= 11 is 0. The smallest absolute Gasteiger partial charge is 0.319 e. The summed E-state index contributed by atoms with van der Waals surface area (Å²) in [6, 6.07) is 6.22. The number of nitrogens with one attached hydrogen (secondary N) is 4. The minimum Gasteiger partial charge on any atom is -0.392 e. The fourth-order valence-electron chi connectivity index (χ4n) is 2.97. The summed E-state index contributed by atoms with van der Waals surface area (Å²) in [5, 5.41) is 20.7. The summed E-state index contributed by atoms with van der Waals surface area (Å²) in [6.07, 6.45) is 2.05. The number of benzene rings is 1. The number of urea groups is 1. The molecule has 5 N–H and O–H groups in total. The van der Waals surface area contributed by atoms with Crippen LogP contribution in [-0.2, 0) is 9.53 Å². The molecule has 3 rings (SSSR count). The molecule has 2 heterocycles. The fraction of sp³-hybridized carbons (Fsp3) is 0.529. The van der Waals surface area contributed by atoms with Gasteiger partial charge in [-0.25, -0.2) is 4.79 Å². The van der Waals surface area contributed by atoms with Crippen LogP contribution in [0.5, 0.6) is 0 Å². The third-order valence-corrected chi connectivity index (χ3v) is 4.35. The lowest BCUT2D eigenvalue weighted by Crippen LogP contribution is -2.35. The van der Waals surface area contributed by atoms with E-state index in [0.717, 1.165) is 19.4 Å². The quantitative estimate of drug-likeness (QED) is 0.536. The van der Waals surface area contributed by atoms with E-state index in [4.69, 9.17) is 4.74 Å². The summed E-state index contributed by atoms with van der Waals surface area (Å²) in [6.45, 7) is 1.69. The zero-order chi connectivity index (χ0) is 17.6. The number of anilines is 2. The Morgan fingerprint density at radius 2 is 1.92 bits per heavy atom. The van der Waals surface area contributed by atoms with Gasteiger partial charge in [-0.2, -0.15) is 0 Å². The van der Waals surface area contributed by atoms with Gasteiger partial charge in [0.1, 0.15) is 0 Å². The molecular formula is C17H24N4O4. The molecule has 25 heavy (non-hydrogen) atoms. The van der Waals surface area contributed by atoms with Gasteiger partial charge in [0.05, 0.1) is 18.2 Å². The van der Waals surface area contributed by atoms with E-state index in [1.165, 1.54) is 0 Å². The predicted octanol–water partition coefficient (Wildman–Crippen LogP) is 0.648. The molecule has 0 saturated carbocycles. The lowest BCUT2D eigenvalue weighted by atomic mass is 10.2. The van der Waals surface area contributed by atoms with Gasteiger partial charge in [0, 0.05) is 31.1 Å². The van der Waals surface area contributed by atoms with Crippen LogP contribution in [0.15, 0.2) is 24.3 Å². The molecule has 2 aliphatic rings. The lowest BCUT2D eigenvalue weighted by Gasteiger charge is -2.13. The van der Waals surface area contributed by atoms with Crippen LogP contribution in [0.3, 0.4) is 0 Å². The number of β-amino-alcohol motifs (C(OH)–C–C–N with tert-alkyl or cyclic N) is 1. The summed E-state index contributed by atoms with van der Waals surface area (Å²) in [7, 11) is 0. The average Bonchev–Trinajstić information content (AvgIpc) is 3.26. The Balaban J connectivity index is 1.43. The maximum Gasteiger partial charge on any atom is 0.319 e. The van der Waals surface area contributed by atoms with Gasteiger partial charge in [-0.15, -0.1) is 0 Å². The van der Waals surface area contributed by atoms with Crippen LogP contribution in [0.1, 0.15) is 19.3 Å². The molecule has 2 aliphatic heterocycles. The van der Waals surface area contributed by atoms with Crippen LogP contribution in [0.2, 0.25) is 0 Å². The van der Waals surface area contributed by atoms with Gasteiger partial charge >= 0.3 is 6.03 Å². The highest BCUT2D eigenvalue weighted by Gasteiger charge is 2.27. The Labute approximate surface area is 146 Å². The van der Waals surface area contributed by atoms with E-state index < -0.39 is 6.10 Å². The molecule has 0 spiro atoms. The van der Waals surface area contributed by atoms with Crippen LogP contribution < -0.4 is 21.3 Å². The first-order valence-electron chi connectivity index (χ1n) is 8.59. The average molecular weight is 348 g/mol. The third kappa shape index (κ3) is 5.15. The van der Waals surface area contributed by atoms with E-state index in [-0.39, 0.29) is 24.1 Å². The molecule has 8 nitrogen and oxygen atoms in total. The lowest BCUT2D eigenvalue weighted by molar-refractivity contribution is -0.117. The van der Waals surface area contributed by atoms with Crippen molar-refractivity contribution in [3.05, 3.63) is 24.3 Å². The number of aliphatic hydroxyl groups excluding tert-OH is 1. The Morgan fingerprint density at radius 3 is 2.52 bits per heavy atom. The summed E-state index contributed by atoms with van der Waals surface area (Å²) < 4.78 is 5.45. The molecule has 3 atom stereocenters.